The highest BCUT2D eigenvalue weighted by molar-refractivity contribution is 6.29. The van der Waals surface area contributed by atoms with Crippen molar-refractivity contribution in [3.8, 4) is 0 Å². The van der Waals surface area contributed by atoms with Gasteiger partial charge in [-0.05, 0) is 43.2 Å². The van der Waals surface area contributed by atoms with Crippen LogP contribution in [0.1, 0.15) is 17.7 Å². The van der Waals surface area contributed by atoms with Gasteiger partial charge in [0.05, 0.1) is 11.4 Å². The molecule has 0 bridgehead atoms. The minimum absolute atomic E-state index is 0.0472. The van der Waals surface area contributed by atoms with Crippen LogP contribution in [0.5, 0.6) is 0 Å². The molecule has 0 fully saturated rings. The first-order valence-electron chi connectivity index (χ1n) is 6.32. The number of anilines is 2. The van der Waals surface area contributed by atoms with E-state index < -0.39 is 0 Å². The number of amides is 1. The Morgan fingerprint density at radius 1 is 1.25 bits per heavy atom. The third-order valence-corrected chi connectivity index (χ3v) is 3.16. The van der Waals surface area contributed by atoms with Crippen molar-refractivity contribution in [2.45, 2.75) is 19.8 Å². The van der Waals surface area contributed by atoms with E-state index in [1.165, 1.54) is 0 Å². The van der Waals surface area contributed by atoms with Crippen LogP contribution >= 0.6 is 11.6 Å². The third-order valence-electron chi connectivity index (χ3n) is 2.95. The number of rotatable bonds is 4. The molecule has 2 aromatic rings. The number of aryl methyl sites for hydroxylation is 2. The molecule has 3 N–H and O–H groups in total. The molecular formula is C15H16ClN3O. The van der Waals surface area contributed by atoms with E-state index in [4.69, 9.17) is 17.3 Å². The highest BCUT2D eigenvalue weighted by atomic mass is 35.5. The molecule has 0 saturated heterocycles. The van der Waals surface area contributed by atoms with Crippen molar-refractivity contribution in [2.75, 3.05) is 11.1 Å². The first kappa shape index (κ1) is 14.3. The van der Waals surface area contributed by atoms with Gasteiger partial charge in [0, 0.05) is 12.1 Å². The molecule has 0 aliphatic rings. The molecule has 2 rings (SSSR count). The number of nitrogens with one attached hydrogen (secondary N) is 1. The largest absolute Gasteiger partial charge is 0.399 e. The predicted molar refractivity (Wildman–Crippen MR) is 81.8 cm³/mol. The first-order chi connectivity index (χ1) is 9.54. The zero-order valence-corrected chi connectivity index (χ0v) is 11.9. The van der Waals surface area contributed by atoms with Crippen LogP contribution in [-0.4, -0.2) is 10.9 Å². The summed E-state index contributed by atoms with van der Waals surface area (Å²) in [6.45, 7) is 1.81. The number of nitrogens with two attached hydrogens (primary N) is 1. The Morgan fingerprint density at radius 2 is 1.95 bits per heavy atom. The number of nitrogens with zero attached hydrogens (tertiary/aromatic N) is 1. The Balaban J connectivity index is 1.90. The number of halogens is 1. The molecule has 0 radical (unpaired) electrons. The predicted octanol–water partition coefficient (Wildman–Crippen LogP) is 3.20. The van der Waals surface area contributed by atoms with Gasteiger partial charge >= 0.3 is 0 Å². The lowest BCUT2D eigenvalue weighted by molar-refractivity contribution is -0.116. The van der Waals surface area contributed by atoms with Gasteiger partial charge in [0.2, 0.25) is 5.91 Å². The fraction of sp³-hybridized carbons (Fsp3) is 0.200. The van der Waals surface area contributed by atoms with Crippen molar-refractivity contribution in [2.24, 2.45) is 0 Å². The molecular weight excluding hydrogens is 274 g/mol. The number of hydrogen-bond donors (Lipinski definition) is 2. The van der Waals surface area contributed by atoms with Crippen LogP contribution in [0.25, 0.3) is 0 Å². The molecule has 1 amide bonds. The number of benzene rings is 1. The van der Waals surface area contributed by atoms with Crippen LogP contribution < -0.4 is 11.1 Å². The summed E-state index contributed by atoms with van der Waals surface area (Å²) in [5, 5.41) is 3.25. The molecule has 0 unspecified atom stereocenters. The maximum atomic E-state index is 11.9. The minimum Gasteiger partial charge on any atom is -0.399 e. The fourth-order valence-electron chi connectivity index (χ4n) is 1.82. The van der Waals surface area contributed by atoms with Gasteiger partial charge in [-0.2, -0.15) is 0 Å². The van der Waals surface area contributed by atoms with Crippen molar-refractivity contribution in [3.63, 3.8) is 0 Å². The van der Waals surface area contributed by atoms with Crippen LogP contribution in [0.4, 0.5) is 11.4 Å². The van der Waals surface area contributed by atoms with Crippen LogP contribution in [0.15, 0.2) is 36.4 Å². The molecule has 1 heterocycles. The normalized spacial score (nSPS) is 10.3. The quantitative estimate of drug-likeness (QED) is 0.671. The number of hydrogen-bond acceptors (Lipinski definition) is 3. The lowest BCUT2D eigenvalue weighted by atomic mass is 10.1. The molecule has 1 aromatic carbocycles. The summed E-state index contributed by atoms with van der Waals surface area (Å²) in [5.74, 6) is -0.0472. The first-order valence-corrected chi connectivity index (χ1v) is 6.70. The summed E-state index contributed by atoms with van der Waals surface area (Å²) >= 11 is 5.77. The Morgan fingerprint density at radius 3 is 2.60 bits per heavy atom. The summed E-state index contributed by atoms with van der Waals surface area (Å²) in [4.78, 5) is 16.0. The molecule has 20 heavy (non-hydrogen) atoms. The van der Waals surface area contributed by atoms with Crippen molar-refractivity contribution in [3.05, 3.63) is 52.8 Å². The molecule has 0 aliphatic carbocycles. The van der Waals surface area contributed by atoms with Crippen LogP contribution in [0.2, 0.25) is 5.15 Å². The van der Waals surface area contributed by atoms with Gasteiger partial charge in [0.15, 0.2) is 0 Å². The Hall–Kier alpha value is -2.07. The van der Waals surface area contributed by atoms with Crippen LogP contribution in [0.3, 0.4) is 0 Å². The molecule has 0 saturated carbocycles. The van der Waals surface area contributed by atoms with Crippen molar-refractivity contribution < 1.29 is 4.79 Å². The summed E-state index contributed by atoms with van der Waals surface area (Å²) in [6.07, 6.45) is 1.08. The zero-order chi connectivity index (χ0) is 14.5. The Labute approximate surface area is 123 Å². The van der Waals surface area contributed by atoms with Crippen molar-refractivity contribution in [1.29, 1.82) is 0 Å². The van der Waals surface area contributed by atoms with Crippen molar-refractivity contribution >= 4 is 28.9 Å². The Bertz CT molecular complexity index is 611. The zero-order valence-electron chi connectivity index (χ0n) is 11.2. The molecule has 5 heteroatoms. The van der Waals surface area contributed by atoms with Gasteiger partial charge in [-0.1, -0.05) is 23.7 Å². The second kappa shape index (κ2) is 6.39. The van der Waals surface area contributed by atoms with Crippen LogP contribution in [0, 0.1) is 6.92 Å². The maximum absolute atomic E-state index is 11.9. The number of nitrogen functional groups attached to an aromatic ring is 1. The summed E-state index contributed by atoms with van der Waals surface area (Å²) in [7, 11) is 0. The topological polar surface area (TPSA) is 68.0 Å². The van der Waals surface area contributed by atoms with Gasteiger partial charge in [0.1, 0.15) is 5.15 Å². The standard InChI is InChI=1S/C15H16ClN3O/c1-10-13(7-8-14(16)18-10)19-15(20)9-4-11-2-5-12(17)6-3-11/h2-3,5-8H,4,9,17H2,1H3,(H,19,20). The van der Waals surface area contributed by atoms with E-state index in [1.54, 1.807) is 12.1 Å². The molecule has 0 aliphatic heterocycles. The lowest BCUT2D eigenvalue weighted by Crippen LogP contribution is -2.13. The summed E-state index contributed by atoms with van der Waals surface area (Å²) < 4.78 is 0. The second-order valence-electron chi connectivity index (χ2n) is 4.56. The van der Waals surface area contributed by atoms with Crippen LogP contribution in [-0.2, 0) is 11.2 Å². The van der Waals surface area contributed by atoms with E-state index in [9.17, 15) is 4.79 Å². The Kier molecular flexibility index (Phi) is 4.58. The fourth-order valence-corrected chi connectivity index (χ4v) is 2.01. The van der Waals surface area contributed by atoms with E-state index in [1.807, 2.05) is 31.2 Å². The SMILES string of the molecule is Cc1nc(Cl)ccc1NC(=O)CCc1ccc(N)cc1. The molecule has 4 nitrogen and oxygen atoms in total. The maximum Gasteiger partial charge on any atom is 0.224 e. The summed E-state index contributed by atoms with van der Waals surface area (Å²) in [6, 6.07) is 10.9. The van der Waals surface area contributed by atoms with Gasteiger partial charge in [-0.15, -0.1) is 0 Å². The number of aromatic nitrogens is 1. The van der Waals surface area contributed by atoms with Gasteiger partial charge in [-0.25, -0.2) is 4.98 Å². The number of pyridine rings is 1. The number of carbonyl (C=O) groups excluding carboxylic acids is 1. The van der Waals surface area contributed by atoms with E-state index in [0.29, 0.717) is 29.4 Å². The van der Waals surface area contributed by atoms with E-state index in [0.717, 1.165) is 11.3 Å². The minimum atomic E-state index is -0.0472. The highest BCUT2D eigenvalue weighted by Gasteiger charge is 2.06. The molecule has 0 atom stereocenters. The van der Waals surface area contributed by atoms with Gasteiger partial charge < -0.3 is 11.1 Å². The van der Waals surface area contributed by atoms with E-state index in [2.05, 4.69) is 10.3 Å². The average molecular weight is 290 g/mol. The molecule has 0 spiro atoms. The average Bonchev–Trinajstić information content (AvgIpc) is 2.41. The van der Waals surface area contributed by atoms with Gasteiger partial charge in [-0.3, -0.25) is 4.79 Å². The molecule has 1 aromatic heterocycles. The smallest absolute Gasteiger partial charge is 0.224 e. The van der Waals surface area contributed by atoms with Crippen molar-refractivity contribution in [1.82, 2.24) is 4.98 Å². The number of carbonyl (C=O) groups is 1. The molecule has 104 valence electrons. The second-order valence-corrected chi connectivity index (χ2v) is 4.94. The summed E-state index contributed by atoms with van der Waals surface area (Å²) in [5.41, 5.74) is 8.82. The lowest BCUT2D eigenvalue weighted by Gasteiger charge is -2.08. The van der Waals surface area contributed by atoms with Gasteiger partial charge in [0.25, 0.3) is 0 Å². The monoisotopic (exact) mass is 289 g/mol. The van der Waals surface area contributed by atoms with E-state index >= 15 is 0 Å². The van der Waals surface area contributed by atoms with E-state index in [-0.39, 0.29) is 5.91 Å². The third kappa shape index (κ3) is 3.96. The highest BCUT2D eigenvalue weighted by Crippen LogP contribution is 2.16.